The predicted molar refractivity (Wildman–Crippen MR) is 39.5 cm³/mol. The molecule has 0 aromatic carbocycles. The molecule has 1 N–H and O–H groups in total. The van der Waals surface area contributed by atoms with E-state index in [0.717, 1.165) is 0 Å². The molecule has 5 heteroatoms. The highest BCUT2D eigenvalue weighted by Crippen LogP contribution is 2.04. The second-order valence-corrected chi connectivity index (χ2v) is 2.24. The van der Waals surface area contributed by atoms with Crippen molar-refractivity contribution in [2.75, 3.05) is 13.2 Å². The van der Waals surface area contributed by atoms with Gasteiger partial charge < -0.3 is 9.84 Å². The van der Waals surface area contributed by atoms with Gasteiger partial charge in [-0.15, -0.1) is 0 Å². The summed E-state index contributed by atoms with van der Waals surface area (Å²) in [6.45, 7) is 1.07. The number of carbonyl (C=O) groups excluding carboxylic acids is 1. The van der Waals surface area contributed by atoms with Crippen molar-refractivity contribution in [3.8, 4) is 0 Å². The highest BCUT2D eigenvalue weighted by atomic mass is 19.1. The number of nitrogens with one attached hydrogen (secondary N) is 1. The lowest BCUT2D eigenvalue weighted by Crippen LogP contribution is -2.25. The lowest BCUT2D eigenvalue weighted by atomic mass is 10.2. The SMILES string of the molecule is Cc1oncc1C(=O)NCCF. The standard InChI is InChI=1S/C7H9FN2O2/c1-5-6(4-10-12-5)7(11)9-3-2-8/h4H,2-3H2,1H3,(H,9,11). The van der Waals surface area contributed by atoms with Crippen molar-refractivity contribution in [3.63, 3.8) is 0 Å². The number of halogens is 1. The number of amides is 1. The van der Waals surface area contributed by atoms with Crippen LogP contribution in [0.3, 0.4) is 0 Å². The van der Waals surface area contributed by atoms with Crippen molar-refractivity contribution in [2.45, 2.75) is 6.92 Å². The second-order valence-electron chi connectivity index (χ2n) is 2.24. The zero-order chi connectivity index (χ0) is 8.97. The molecule has 0 fully saturated rings. The quantitative estimate of drug-likeness (QED) is 0.729. The van der Waals surface area contributed by atoms with Gasteiger partial charge in [0, 0.05) is 6.54 Å². The van der Waals surface area contributed by atoms with Crippen molar-refractivity contribution < 1.29 is 13.7 Å². The Kier molecular flexibility index (Phi) is 2.79. The summed E-state index contributed by atoms with van der Waals surface area (Å²) >= 11 is 0. The summed E-state index contributed by atoms with van der Waals surface area (Å²) in [5.41, 5.74) is 0.350. The van der Waals surface area contributed by atoms with Crippen LogP contribution in [0, 0.1) is 6.92 Å². The average Bonchev–Trinajstić information content (AvgIpc) is 2.47. The minimum absolute atomic E-state index is 0.0173. The summed E-state index contributed by atoms with van der Waals surface area (Å²) in [6.07, 6.45) is 1.31. The van der Waals surface area contributed by atoms with Crippen LogP contribution in [-0.4, -0.2) is 24.3 Å². The molecular weight excluding hydrogens is 163 g/mol. The fourth-order valence-electron chi connectivity index (χ4n) is 0.773. The molecular formula is C7H9FN2O2. The van der Waals surface area contributed by atoms with Crippen molar-refractivity contribution in [1.29, 1.82) is 0 Å². The van der Waals surface area contributed by atoms with Gasteiger partial charge in [0.2, 0.25) is 0 Å². The van der Waals surface area contributed by atoms with Crippen molar-refractivity contribution >= 4 is 5.91 Å². The van der Waals surface area contributed by atoms with E-state index < -0.39 is 6.67 Å². The van der Waals surface area contributed by atoms with Gasteiger partial charge in [-0.25, -0.2) is 4.39 Å². The van der Waals surface area contributed by atoms with Crippen LogP contribution in [0.5, 0.6) is 0 Å². The molecule has 0 atom stereocenters. The second kappa shape index (κ2) is 3.85. The largest absolute Gasteiger partial charge is 0.361 e. The Morgan fingerprint density at radius 3 is 3.08 bits per heavy atom. The fraction of sp³-hybridized carbons (Fsp3) is 0.429. The maximum absolute atomic E-state index is 11.6. The fourth-order valence-corrected chi connectivity index (χ4v) is 0.773. The number of rotatable bonds is 3. The molecule has 0 unspecified atom stereocenters. The van der Waals surface area contributed by atoms with E-state index in [0.29, 0.717) is 11.3 Å². The molecule has 66 valence electrons. The van der Waals surface area contributed by atoms with Crippen LogP contribution in [0.4, 0.5) is 4.39 Å². The van der Waals surface area contributed by atoms with Gasteiger partial charge in [-0.1, -0.05) is 5.16 Å². The Labute approximate surface area is 68.7 Å². The monoisotopic (exact) mass is 172 g/mol. The Balaban J connectivity index is 2.59. The molecule has 1 amide bonds. The van der Waals surface area contributed by atoms with Crippen LogP contribution in [0.2, 0.25) is 0 Å². The Bertz CT molecular complexity index is 272. The third-order valence-electron chi connectivity index (χ3n) is 1.38. The Morgan fingerprint density at radius 2 is 2.58 bits per heavy atom. The summed E-state index contributed by atoms with van der Waals surface area (Å²) < 4.78 is 16.3. The van der Waals surface area contributed by atoms with E-state index in [1.807, 2.05) is 0 Å². The number of nitrogens with zero attached hydrogens (tertiary/aromatic N) is 1. The van der Waals surface area contributed by atoms with Crippen LogP contribution in [-0.2, 0) is 0 Å². The predicted octanol–water partition coefficient (Wildman–Crippen LogP) is 0.682. The summed E-state index contributed by atoms with van der Waals surface area (Å²) in [6, 6.07) is 0. The first-order valence-electron chi connectivity index (χ1n) is 3.51. The first-order valence-corrected chi connectivity index (χ1v) is 3.51. The Morgan fingerprint density at radius 1 is 1.83 bits per heavy atom. The van der Waals surface area contributed by atoms with E-state index >= 15 is 0 Å². The van der Waals surface area contributed by atoms with Crippen LogP contribution < -0.4 is 5.32 Å². The third kappa shape index (κ3) is 1.81. The van der Waals surface area contributed by atoms with E-state index in [9.17, 15) is 9.18 Å². The van der Waals surface area contributed by atoms with Gasteiger partial charge in [-0.2, -0.15) is 0 Å². The molecule has 0 spiro atoms. The van der Waals surface area contributed by atoms with Gasteiger partial charge in [0.15, 0.2) is 0 Å². The molecule has 0 aliphatic rings. The highest BCUT2D eigenvalue weighted by Gasteiger charge is 2.11. The minimum Gasteiger partial charge on any atom is -0.361 e. The number of aryl methyl sites for hydroxylation is 1. The molecule has 0 saturated heterocycles. The first kappa shape index (κ1) is 8.70. The Hall–Kier alpha value is -1.39. The smallest absolute Gasteiger partial charge is 0.256 e. The molecule has 0 aliphatic carbocycles. The van der Waals surface area contributed by atoms with Gasteiger partial charge in [-0.3, -0.25) is 4.79 Å². The molecule has 1 aromatic rings. The van der Waals surface area contributed by atoms with Crippen LogP contribution in [0.25, 0.3) is 0 Å². The summed E-state index contributed by atoms with van der Waals surface area (Å²) in [4.78, 5) is 11.1. The molecule has 12 heavy (non-hydrogen) atoms. The molecule has 0 radical (unpaired) electrons. The highest BCUT2D eigenvalue weighted by molar-refractivity contribution is 5.94. The maximum atomic E-state index is 11.6. The van der Waals surface area contributed by atoms with Crippen LogP contribution in [0.1, 0.15) is 16.1 Å². The van der Waals surface area contributed by atoms with Crippen molar-refractivity contribution in [1.82, 2.24) is 10.5 Å². The number of alkyl halides is 1. The number of carbonyl (C=O) groups is 1. The minimum atomic E-state index is -0.573. The van der Waals surface area contributed by atoms with Gasteiger partial charge in [0.25, 0.3) is 5.91 Å². The third-order valence-corrected chi connectivity index (χ3v) is 1.38. The van der Waals surface area contributed by atoms with E-state index in [-0.39, 0.29) is 12.5 Å². The van der Waals surface area contributed by atoms with Crippen molar-refractivity contribution in [3.05, 3.63) is 17.5 Å². The summed E-state index contributed by atoms with van der Waals surface area (Å²) in [7, 11) is 0. The molecule has 0 saturated carbocycles. The lowest BCUT2D eigenvalue weighted by molar-refractivity contribution is 0.0949. The molecule has 1 aromatic heterocycles. The topological polar surface area (TPSA) is 55.1 Å². The van der Waals surface area contributed by atoms with E-state index in [4.69, 9.17) is 0 Å². The number of aromatic nitrogens is 1. The first-order chi connectivity index (χ1) is 5.75. The van der Waals surface area contributed by atoms with Gasteiger partial charge >= 0.3 is 0 Å². The molecule has 1 heterocycles. The molecule has 0 aliphatic heterocycles. The van der Waals surface area contributed by atoms with Gasteiger partial charge in [0.1, 0.15) is 18.0 Å². The normalized spacial score (nSPS) is 9.83. The van der Waals surface area contributed by atoms with E-state index in [1.165, 1.54) is 6.20 Å². The number of hydrogen-bond donors (Lipinski definition) is 1. The van der Waals surface area contributed by atoms with Gasteiger partial charge in [-0.05, 0) is 6.92 Å². The zero-order valence-electron chi connectivity index (χ0n) is 6.63. The summed E-state index contributed by atoms with van der Waals surface area (Å²) in [5.74, 6) is 0.0813. The zero-order valence-corrected chi connectivity index (χ0v) is 6.63. The molecule has 4 nitrogen and oxygen atoms in total. The maximum Gasteiger partial charge on any atom is 0.256 e. The molecule has 1 rings (SSSR count). The van der Waals surface area contributed by atoms with Crippen LogP contribution >= 0.6 is 0 Å². The molecule has 0 bridgehead atoms. The summed E-state index contributed by atoms with van der Waals surface area (Å²) in [5, 5.41) is 5.78. The van der Waals surface area contributed by atoms with E-state index in [2.05, 4.69) is 15.0 Å². The lowest BCUT2D eigenvalue weighted by Gasteiger charge is -1.98. The number of hydrogen-bond acceptors (Lipinski definition) is 3. The van der Waals surface area contributed by atoms with E-state index in [1.54, 1.807) is 6.92 Å². The van der Waals surface area contributed by atoms with Crippen molar-refractivity contribution in [2.24, 2.45) is 0 Å². The van der Waals surface area contributed by atoms with Gasteiger partial charge in [0.05, 0.1) is 6.20 Å². The average molecular weight is 172 g/mol. The van der Waals surface area contributed by atoms with Crippen LogP contribution in [0.15, 0.2) is 10.7 Å².